The van der Waals surface area contributed by atoms with E-state index in [1.807, 2.05) is 19.9 Å². The third-order valence-corrected chi connectivity index (χ3v) is 9.36. The Kier molecular flexibility index (Phi) is 14.5. The molecule has 0 aromatic heterocycles. The fraction of sp³-hybridized carbons (Fsp3) is 0.703. The molecule has 0 radical (unpaired) electrons. The van der Waals surface area contributed by atoms with Gasteiger partial charge in [-0.3, -0.25) is 0 Å². The van der Waals surface area contributed by atoms with Crippen molar-refractivity contribution in [3.8, 4) is 0 Å². The molecule has 0 bridgehead atoms. The van der Waals surface area contributed by atoms with Crippen molar-refractivity contribution in [3.63, 3.8) is 0 Å². The molecule has 16 heteroatoms. The lowest BCUT2D eigenvalue weighted by molar-refractivity contribution is -0.305. The van der Waals surface area contributed by atoms with Crippen molar-refractivity contribution in [2.75, 3.05) is 20.2 Å². The van der Waals surface area contributed by atoms with E-state index in [4.69, 9.17) is 28.5 Å². The smallest absolute Gasteiger partial charge is 0.407 e. The average Bonchev–Trinajstić information content (AvgIpc) is 3.09. The van der Waals surface area contributed by atoms with Crippen LogP contribution in [0.5, 0.6) is 0 Å². The van der Waals surface area contributed by atoms with Crippen LogP contribution in [0.25, 0.3) is 0 Å². The molecule has 11 atom stereocenters. The maximum Gasteiger partial charge on any atom is 0.407 e. The van der Waals surface area contributed by atoms with Crippen molar-refractivity contribution >= 4 is 18.1 Å². The summed E-state index contributed by atoms with van der Waals surface area (Å²) in [5, 5.41) is 43.7. The lowest BCUT2D eigenvalue weighted by Gasteiger charge is -2.49. The van der Waals surface area contributed by atoms with Crippen LogP contribution in [0.1, 0.15) is 84.5 Å². The first kappa shape index (κ1) is 42.2. The van der Waals surface area contributed by atoms with Crippen LogP contribution in [0.2, 0.25) is 0 Å². The Morgan fingerprint density at radius 3 is 2.25 bits per heavy atom. The molecule has 53 heavy (non-hydrogen) atoms. The molecule has 0 spiro atoms. The number of rotatable bonds is 11. The first-order chi connectivity index (χ1) is 25.0. The number of aliphatic hydroxyl groups excluding tert-OH is 2. The van der Waals surface area contributed by atoms with Gasteiger partial charge in [0.05, 0.1) is 42.6 Å². The molecule has 1 aliphatic carbocycles. The van der Waals surface area contributed by atoms with Gasteiger partial charge in [0, 0.05) is 12.3 Å². The number of nitrogens with zero attached hydrogens (tertiary/aromatic N) is 1. The second-order valence-electron chi connectivity index (χ2n) is 15.1. The summed E-state index contributed by atoms with van der Waals surface area (Å²) in [7, 11) is 1.57. The molecular formula is C37H58N4O12. The SMILES string of the molecule is CCCN(OC(=O)c1ccccc1)C(=O)NC1CC(NC(=O)OC(C)(C)C)C(OC2OC(CC)=CCC2C)C(O)C1OC1OCC(C)(O)C(NC)C1O. The highest BCUT2D eigenvalue weighted by atomic mass is 16.7. The highest BCUT2D eigenvalue weighted by molar-refractivity contribution is 5.90. The number of hydroxylamine groups is 2. The Hall–Kier alpha value is -3.51. The zero-order valence-electron chi connectivity index (χ0n) is 31.9. The molecule has 6 N–H and O–H groups in total. The van der Waals surface area contributed by atoms with Gasteiger partial charge in [-0.05, 0) is 72.2 Å². The van der Waals surface area contributed by atoms with Crippen molar-refractivity contribution in [2.24, 2.45) is 5.92 Å². The quantitative estimate of drug-likeness (QED) is 0.180. The predicted molar refractivity (Wildman–Crippen MR) is 191 cm³/mol. The van der Waals surface area contributed by atoms with E-state index in [-0.39, 0.29) is 31.1 Å². The molecule has 3 aliphatic rings. The van der Waals surface area contributed by atoms with Crippen LogP contribution in [0.4, 0.5) is 9.59 Å². The maximum absolute atomic E-state index is 13.9. The summed E-state index contributed by atoms with van der Waals surface area (Å²) >= 11 is 0. The Morgan fingerprint density at radius 1 is 1.00 bits per heavy atom. The molecule has 2 aliphatic heterocycles. The van der Waals surface area contributed by atoms with Gasteiger partial charge in [-0.25, -0.2) is 14.4 Å². The second kappa shape index (κ2) is 18.2. The van der Waals surface area contributed by atoms with E-state index in [0.29, 0.717) is 19.3 Å². The van der Waals surface area contributed by atoms with Gasteiger partial charge in [-0.1, -0.05) is 39.0 Å². The molecular weight excluding hydrogens is 692 g/mol. The van der Waals surface area contributed by atoms with E-state index in [0.717, 1.165) is 10.8 Å². The van der Waals surface area contributed by atoms with Crippen LogP contribution in [-0.4, -0.2) is 125 Å². The number of hydrogen-bond donors (Lipinski definition) is 6. The molecule has 298 valence electrons. The fourth-order valence-electron chi connectivity index (χ4n) is 6.65. The number of carbonyl (C=O) groups excluding carboxylic acids is 3. The van der Waals surface area contributed by atoms with E-state index in [1.54, 1.807) is 65.1 Å². The third kappa shape index (κ3) is 11.0. The highest BCUT2D eigenvalue weighted by Crippen LogP contribution is 2.34. The number of hydrogen-bond acceptors (Lipinski definition) is 13. The van der Waals surface area contributed by atoms with Crippen LogP contribution in [-0.2, 0) is 28.5 Å². The van der Waals surface area contributed by atoms with Crippen LogP contribution < -0.4 is 16.0 Å². The second-order valence-corrected chi connectivity index (χ2v) is 15.1. The van der Waals surface area contributed by atoms with Crippen molar-refractivity contribution in [2.45, 2.75) is 140 Å². The zero-order valence-corrected chi connectivity index (χ0v) is 31.9. The number of urea groups is 1. The van der Waals surface area contributed by atoms with Gasteiger partial charge in [-0.15, -0.1) is 0 Å². The first-order valence-corrected chi connectivity index (χ1v) is 18.4. The number of alkyl carbamates (subject to hydrolysis) is 1. The summed E-state index contributed by atoms with van der Waals surface area (Å²) in [6.45, 7) is 12.1. The van der Waals surface area contributed by atoms with Gasteiger partial charge < -0.3 is 59.8 Å². The van der Waals surface area contributed by atoms with Gasteiger partial charge in [0.1, 0.15) is 35.6 Å². The summed E-state index contributed by atoms with van der Waals surface area (Å²) in [5.41, 5.74) is -2.07. The van der Waals surface area contributed by atoms with Gasteiger partial charge in [-0.2, -0.15) is 5.06 Å². The third-order valence-electron chi connectivity index (χ3n) is 9.36. The van der Waals surface area contributed by atoms with E-state index in [2.05, 4.69) is 16.0 Å². The van der Waals surface area contributed by atoms with E-state index < -0.39 is 84.4 Å². The van der Waals surface area contributed by atoms with E-state index in [1.165, 1.54) is 6.92 Å². The number of benzene rings is 1. The monoisotopic (exact) mass is 750 g/mol. The molecule has 16 nitrogen and oxygen atoms in total. The summed E-state index contributed by atoms with van der Waals surface area (Å²) in [6, 6.07) is 4.44. The standard InChI is InChI=1S/C37H58N4O12/c1-9-18-41(53-31(44)22-14-12-11-13-15-22)34(45)39-24-19-25(40-35(46)52-36(4,5)6)29(50-32-21(3)16-17-23(10-2)49-32)26(42)28(24)51-33-27(43)30(38-8)37(7,47)20-48-33/h11-15,17,21,24-30,32-33,38,42-43,47H,9-10,16,18-20H2,1-8H3,(H,39,45)(H,40,46). The minimum Gasteiger partial charge on any atom is -0.469 e. The summed E-state index contributed by atoms with van der Waals surface area (Å²) in [6.07, 6.45) is -4.81. The fourth-order valence-corrected chi connectivity index (χ4v) is 6.65. The minimum absolute atomic E-state index is 0.0318. The first-order valence-electron chi connectivity index (χ1n) is 18.4. The zero-order chi connectivity index (χ0) is 39.1. The lowest BCUT2D eigenvalue weighted by atomic mass is 9.83. The van der Waals surface area contributed by atoms with Gasteiger partial charge in [0.2, 0.25) is 6.29 Å². The summed E-state index contributed by atoms with van der Waals surface area (Å²) in [4.78, 5) is 45.6. The molecule has 2 fully saturated rings. The Balaban J connectivity index is 1.68. The van der Waals surface area contributed by atoms with Gasteiger partial charge >= 0.3 is 18.1 Å². The number of likely N-dealkylation sites (N-methyl/N-ethyl adjacent to an activating group) is 1. The topological polar surface area (TPSA) is 207 Å². The molecule has 4 rings (SSSR count). The molecule has 3 amide bonds. The van der Waals surface area contributed by atoms with E-state index >= 15 is 0 Å². The molecule has 2 heterocycles. The van der Waals surface area contributed by atoms with E-state index in [9.17, 15) is 29.7 Å². The van der Waals surface area contributed by atoms with Crippen LogP contribution >= 0.6 is 0 Å². The number of aliphatic hydroxyl groups is 3. The Labute approximate surface area is 311 Å². The van der Waals surface area contributed by atoms with Crippen LogP contribution in [0, 0.1) is 5.92 Å². The molecule has 1 aromatic rings. The van der Waals surface area contributed by atoms with Crippen molar-refractivity contribution in [3.05, 3.63) is 47.7 Å². The Bertz CT molecular complexity index is 1410. The number of nitrogens with one attached hydrogen (secondary N) is 3. The van der Waals surface area contributed by atoms with Gasteiger partial charge in [0.25, 0.3) is 0 Å². The van der Waals surface area contributed by atoms with Gasteiger partial charge in [0.15, 0.2) is 6.29 Å². The largest absolute Gasteiger partial charge is 0.469 e. The highest BCUT2D eigenvalue weighted by Gasteiger charge is 2.53. The number of carbonyl (C=O) groups is 3. The Morgan fingerprint density at radius 2 is 1.64 bits per heavy atom. The van der Waals surface area contributed by atoms with Crippen molar-refractivity contribution in [1.82, 2.24) is 21.0 Å². The molecule has 1 saturated carbocycles. The summed E-state index contributed by atoms with van der Waals surface area (Å²) in [5.74, 6) is -0.159. The minimum atomic E-state index is -1.57. The van der Waals surface area contributed by atoms with Crippen LogP contribution in [0.3, 0.4) is 0 Å². The molecule has 1 aromatic carbocycles. The number of amides is 3. The van der Waals surface area contributed by atoms with Crippen molar-refractivity contribution < 1.29 is 58.2 Å². The molecule has 1 saturated heterocycles. The average molecular weight is 751 g/mol. The van der Waals surface area contributed by atoms with Crippen molar-refractivity contribution in [1.29, 1.82) is 0 Å². The number of ether oxygens (including phenoxy) is 5. The lowest BCUT2D eigenvalue weighted by Crippen LogP contribution is -2.70. The molecule has 11 unspecified atom stereocenters. The predicted octanol–water partition coefficient (Wildman–Crippen LogP) is 2.71. The maximum atomic E-state index is 13.9. The normalized spacial score (nSPS) is 33.2. The van der Waals surface area contributed by atoms with Crippen LogP contribution in [0.15, 0.2) is 42.2 Å². The summed E-state index contributed by atoms with van der Waals surface area (Å²) < 4.78 is 30.3. The number of allylic oxidation sites excluding steroid dienone is 2.